The van der Waals surface area contributed by atoms with Gasteiger partial charge in [-0.25, -0.2) is 28.7 Å². The van der Waals surface area contributed by atoms with Gasteiger partial charge in [0.05, 0.1) is 56.0 Å². The maximum absolute atomic E-state index is 7.75. The van der Waals surface area contributed by atoms with E-state index in [1.807, 2.05) is 79.5 Å². The van der Waals surface area contributed by atoms with E-state index in [4.69, 9.17) is 21.5 Å². The van der Waals surface area contributed by atoms with Crippen molar-refractivity contribution in [1.29, 1.82) is 0 Å². The highest BCUT2D eigenvalue weighted by Crippen LogP contribution is 2.24. The summed E-state index contributed by atoms with van der Waals surface area (Å²) in [6.45, 7) is 12.7. The topological polar surface area (TPSA) is 99.5 Å². The van der Waals surface area contributed by atoms with E-state index in [-0.39, 0.29) is 20.5 Å². The van der Waals surface area contributed by atoms with Crippen LogP contribution in [0.5, 0.6) is 0 Å². The Hall–Kier alpha value is -7.67. The lowest BCUT2D eigenvalue weighted by Gasteiger charge is -2.24. The Labute approximate surface area is 417 Å². The number of aromatic nitrogens is 6. The number of pyridine rings is 6. The van der Waals surface area contributed by atoms with Crippen LogP contribution in [0.15, 0.2) is 117 Å². The lowest BCUT2D eigenvalue weighted by atomic mass is 9.60. The van der Waals surface area contributed by atoms with Gasteiger partial charge in [0.2, 0.25) is 17.1 Å². The largest absolute Gasteiger partial charge is 0.439 e. The molecule has 0 bridgehead atoms. The van der Waals surface area contributed by atoms with Gasteiger partial charge in [-0.1, -0.05) is 12.0 Å². The number of hydrogen-bond donors (Lipinski definition) is 0. The third kappa shape index (κ3) is 7.96. The van der Waals surface area contributed by atoms with Crippen LogP contribution in [-0.4, -0.2) is 35.5 Å². The first-order chi connectivity index (χ1) is 36.0. The normalized spacial score (nSPS) is 15.8. The Balaban J connectivity index is 0.000000130. The number of nitrogens with zero attached hydrogens (tertiary/aromatic N) is 9. The van der Waals surface area contributed by atoms with E-state index in [0.717, 1.165) is 88.2 Å². The van der Waals surface area contributed by atoms with Crippen molar-refractivity contribution in [3.05, 3.63) is 158 Å². The van der Waals surface area contributed by atoms with Gasteiger partial charge >= 0.3 is 20.5 Å². The van der Waals surface area contributed by atoms with Crippen LogP contribution in [-0.2, 0) is 21.1 Å². The van der Waals surface area contributed by atoms with Gasteiger partial charge in [0, 0.05) is 66.2 Å². The fraction of sp³-hybridized carbons (Fsp3) is 0.236. The van der Waals surface area contributed by atoms with E-state index in [9.17, 15) is 0 Å². The van der Waals surface area contributed by atoms with Gasteiger partial charge in [0.25, 0.3) is 17.5 Å². The second kappa shape index (κ2) is 18.0. The lowest BCUT2D eigenvalue weighted by Crippen LogP contribution is -2.50. The summed E-state index contributed by atoms with van der Waals surface area (Å²) in [5.74, 6) is 9.50. The smallest absolute Gasteiger partial charge is 0.405 e. The fourth-order valence-electron chi connectivity index (χ4n) is 10.3. The molecule has 0 saturated carbocycles. The fourth-order valence-corrected chi connectivity index (χ4v) is 10.3. The number of fused-ring (bicyclic) bond motifs is 9. The summed E-state index contributed by atoms with van der Waals surface area (Å²) >= 11 is 0. The molecule has 348 valence electrons. The summed E-state index contributed by atoms with van der Waals surface area (Å²) in [5.41, 5.74) is 10.4. The zero-order valence-electron chi connectivity index (χ0n) is 47.5. The molecule has 3 aliphatic rings. The van der Waals surface area contributed by atoms with Crippen LogP contribution in [0.25, 0.3) is 68.3 Å². The van der Waals surface area contributed by atoms with E-state index in [1.54, 1.807) is 37.1 Å². The Morgan fingerprint density at radius 3 is 1.63 bits per heavy atom. The molecular weight excluding hydrogens is 867 g/mol. The van der Waals surface area contributed by atoms with Crippen molar-refractivity contribution < 1.29 is 35.2 Å². The average Bonchev–Trinajstić information content (AvgIpc) is 4.06. The molecule has 0 atom stereocenters. The van der Waals surface area contributed by atoms with Crippen molar-refractivity contribution >= 4 is 106 Å². The monoisotopic (exact) mass is 933 g/mol. The highest BCUT2D eigenvalue weighted by Gasteiger charge is 2.36. The summed E-state index contributed by atoms with van der Waals surface area (Å²) < 4.78 is 69.9. The lowest BCUT2D eigenvalue weighted by molar-refractivity contribution is -0.658. The maximum Gasteiger partial charge on any atom is 0.405 e. The summed E-state index contributed by atoms with van der Waals surface area (Å²) in [5, 5.41) is 6.34. The third-order valence-electron chi connectivity index (χ3n) is 13.6. The van der Waals surface area contributed by atoms with Gasteiger partial charge in [0.15, 0.2) is 10.8 Å². The van der Waals surface area contributed by atoms with Gasteiger partial charge in [-0.05, 0) is 146 Å². The van der Waals surface area contributed by atoms with Gasteiger partial charge in [-0.2, -0.15) is 0 Å². The first-order valence-corrected chi connectivity index (χ1v) is 23.6. The molecule has 0 aromatic carbocycles. The minimum atomic E-state index is -2.13. The number of anilines is 3. The quantitative estimate of drug-likeness (QED) is 0.180. The molecule has 9 aromatic heterocycles. The second-order valence-corrected chi connectivity index (χ2v) is 18.6. The predicted octanol–water partition coefficient (Wildman–Crippen LogP) is 4.96. The minimum absolute atomic E-state index is 0.0577. The predicted molar refractivity (Wildman–Crippen MR) is 285 cm³/mol. The molecule has 0 radical (unpaired) electrons. The Morgan fingerprint density at radius 2 is 1.04 bits per heavy atom. The molecule has 12 nitrogen and oxygen atoms in total. The first-order valence-electron chi connectivity index (χ1n) is 26.6. The summed E-state index contributed by atoms with van der Waals surface area (Å²) in [6, 6.07) is 21.7. The van der Waals surface area contributed by atoms with Crippen molar-refractivity contribution in [1.82, 2.24) is 15.0 Å². The Bertz CT molecular complexity index is 4210. The van der Waals surface area contributed by atoms with Crippen molar-refractivity contribution in [3.8, 4) is 0 Å². The van der Waals surface area contributed by atoms with E-state index >= 15 is 0 Å². The van der Waals surface area contributed by atoms with Crippen molar-refractivity contribution in [2.75, 3.05) is 14.4 Å². The molecule has 15 heteroatoms. The van der Waals surface area contributed by atoms with Gasteiger partial charge in [-0.15, -0.1) is 0 Å². The molecule has 70 heavy (non-hydrogen) atoms. The minimum Gasteiger partial charge on any atom is -0.439 e. The molecule has 0 aliphatic carbocycles. The molecule has 0 unspecified atom stereocenters. The van der Waals surface area contributed by atoms with Crippen molar-refractivity contribution in [2.45, 2.75) is 68.8 Å². The first kappa shape index (κ1) is 39.2. The summed E-state index contributed by atoms with van der Waals surface area (Å²) in [6.07, 6.45) is 10.7. The van der Waals surface area contributed by atoms with Crippen LogP contribution in [0.3, 0.4) is 0 Å². The van der Waals surface area contributed by atoms with Crippen molar-refractivity contribution in [3.63, 3.8) is 0 Å². The summed E-state index contributed by atoms with van der Waals surface area (Å²) in [4.78, 5) is 19.7. The van der Waals surface area contributed by atoms with Crippen LogP contribution in [0.1, 0.15) is 51.2 Å². The van der Waals surface area contributed by atoms with Crippen LogP contribution in [0.4, 0.5) is 17.5 Å². The number of furan rings is 3. The maximum atomic E-state index is 7.75. The highest BCUT2D eigenvalue weighted by molar-refractivity contribution is 6.78. The zero-order valence-corrected chi connectivity index (χ0v) is 41.5. The Morgan fingerprint density at radius 1 is 0.514 bits per heavy atom. The van der Waals surface area contributed by atoms with E-state index in [0.29, 0.717) is 28.3 Å². The third-order valence-corrected chi connectivity index (χ3v) is 13.6. The SMILES string of the molecule is CB1C=c2c(oc3ncccc23)=C(C)N1c1cc(C)cc[n+]1C.[2H]C([2H])([2H])c1c[n+](C)c(N2B(C)C=c3oc4ncccc4c3=C2C)cc1C.[2H]C([2H])([2H])c1ccc(N2B(C)C=c3c(oc4ncccc34)=C2C)[n+](C)c1. The van der Waals surface area contributed by atoms with E-state index < -0.39 is 13.7 Å². The zero-order chi connectivity index (χ0) is 54.3. The van der Waals surface area contributed by atoms with E-state index in [2.05, 4.69) is 125 Å². The highest BCUT2D eigenvalue weighted by atomic mass is 16.3. The summed E-state index contributed by atoms with van der Waals surface area (Å²) in [7, 11) is 5.82. The molecule has 3 aliphatic heterocycles. The molecule has 0 spiro atoms. The van der Waals surface area contributed by atoms with Gasteiger partial charge in [-0.3, -0.25) is 14.4 Å². The molecule has 12 rings (SSSR count). The van der Waals surface area contributed by atoms with Crippen LogP contribution in [0.2, 0.25) is 20.5 Å². The van der Waals surface area contributed by atoms with Crippen LogP contribution < -0.4 is 60.0 Å². The molecule has 0 fully saturated rings. The standard InChI is InChI=1S/C19H21BN3O.2C18H19BN3O/c1-12-9-17(22(5)11-13(12)2)23-14(3)18-15-7-6-8-21-19(15)24-16(18)10-20(23)4;1-12-7-8-16(21(4)11-12)22-13(2)17-15(10-19(22)3)14-6-5-9-20-18(14)23-17;1-12-7-9-21(4)16(10-12)22-13(2)17-15(11-19(22)3)14-6-5-8-20-18(14)23-17/h6-11H,1-5H3;2*5-11H,1-4H3/q3*+1/i2D3;1D3;. The molecule has 0 amide bonds. The Kier molecular flexibility index (Phi) is 10.1. The van der Waals surface area contributed by atoms with Gasteiger partial charge in [0.1, 0.15) is 16.8 Å². The van der Waals surface area contributed by atoms with E-state index in [1.165, 1.54) is 5.56 Å². The van der Waals surface area contributed by atoms with Crippen LogP contribution >= 0.6 is 0 Å². The molecule has 12 heterocycles. The number of rotatable bonds is 3. The number of aryl methyl sites for hydroxylation is 7. The molecule has 9 aromatic rings. The average molecular weight is 933 g/mol. The molecular formula is C55H59B3N9O3+3. The van der Waals surface area contributed by atoms with Gasteiger partial charge < -0.3 is 13.3 Å². The van der Waals surface area contributed by atoms with Crippen LogP contribution in [0, 0.1) is 27.6 Å². The van der Waals surface area contributed by atoms with Crippen molar-refractivity contribution in [2.24, 2.45) is 21.1 Å². The molecule has 0 saturated heterocycles. The second-order valence-electron chi connectivity index (χ2n) is 18.6. The molecule has 0 N–H and O–H groups in total. The number of hydrogen-bond acceptors (Lipinski definition) is 9.